The summed E-state index contributed by atoms with van der Waals surface area (Å²) in [6.45, 7) is 1.34. The Bertz CT molecular complexity index is 164. The first kappa shape index (κ1) is 11.0. The van der Waals surface area contributed by atoms with Crippen LogP contribution in [-0.4, -0.2) is 27.1 Å². The Hall–Kier alpha value is -1.03. The Morgan fingerprint density at radius 1 is 1.50 bits per heavy atom. The molecule has 0 aliphatic carbocycles. The Labute approximate surface area is 71.6 Å². The van der Waals surface area contributed by atoms with Gasteiger partial charge in [0.1, 0.15) is 6.79 Å². The summed E-state index contributed by atoms with van der Waals surface area (Å²) in [6.07, 6.45) is 4.52. The highest BCUT2D eigenvalue weighted by atomic mass is 16.7. The molecule has 0 aliphatic heterocycles. The summed E-state index contributed by atoms with van der Waals surface area (Å²) in [5.41, 5.74) is 7.93. The number of hydrogen-bond acceptors (Lipinski definition) is 3. The molecule has 0 unspecified atom stereocenters. The van der Waals surface area contributed by atoms with Crippen molar-refractivity contribution in [2.75, 3.05) is 27.1 Å². The Morgan fingerprint density at radius 3 is 3.00 bits per heavy atom. The first-order valence-corrected chi connectivity index (χ1v) is 3.64. The summed E-state index contributed by atoms with van der Waals surface area (Å²) in [4.78, 5) is 2.62. The summed E-state index contributed by atoms with van der Waals surface area (Å²) in [5, 5.41) is 3.37. The number of nitrogens with zero attached hydrogens (tertiary/aromatic N) is 3. The van der Waals surface area contributed by atoms with E-state index in [1.54, 1.807) is 7.11 Å². The van der Waals surface area contributed by atoms with Crippen LogP contribution < -0.4 is 0 Å². The predicted molar refractivity (Wildman–Crippen MR) is 45.6 cm³/mol. The van der Waals surface area contributed by atoms with E-state index >= 15 is 0 Å². The maximum atomic E-state index is 7.93. The average molecular weight is 171 g/mol. The zero-order valence-electron chi connectivity index (χ0n) is 7.14. The lowest BCUT2D eigenvalue weighted by atomic mass is 10.4. The zero-order valence-corrected chi connectivity index (χ0v) is 7.14. The molecule has 0 amide bonds. The van der Waals surface area contributed by atoms with E-state index in [0.717, 1.165) is 6.42 Å². The molecule has 0 bridgehead atoms. The molecule has 0 heterocycles. The second kappa shape index (κ2) is 9.97. The van der Waals surface area contributed by atoms with E-state index in [1.165, 1.54) is 0 Å². The van der Waals surface area contributed by atoms with Gasteiger partial charge in [0.2, 0.25) is 0 Å². The van der Waals surface area contributed by atoms with Crippen LogP contribution in [-0.2, 0) is 9.47 Å². The van der Waals surface area contributed by atoms with E-state index in [-0.39, 0.29) is 0 Å². The lowest BCUT2D eigenvalue weighted by molar-refractivity contribution is -0.0186. The molecule has 0 saturated carbocycles. The van der Waals surface area contributed by atoms with Gasteiger partial charge in [-0.3, -0.25) is 0 Å². The molecule has 0 aromatic heterocycles. The summed E-state index contributed by atoms with van der Waals surface area (Å²) in [5.74, 6) is 0. The number of hydrogen-bond donors (Lipinski definition) is 0. The molecule has 0 saturated heterocycles. The van der Waals surface area contributed by atoms with Gasteiger partial charge in [-0.1, -0.05) is 17.3 Å². The maximum absolute atomic E-state index is 7.93. The van der Waals surface area contributed by atoms with Gasteiger partial charge in [0.25, 0.3) is 0 Å². The molecule has 0 aliphatic rings. The van der Waals surface area contributed by atoms with Crippen LogP contribution in [0, 0.1) is 0 Å². The fourth-order valence-corrected chi connectivity index (χ4v) is 0.562. The van der Waals surface area contributed by atoms with Crippen molar-refractivity contribution in [2.24, 2.45) is 5.11 Å². The minimum Gasteiger partial charge on any atom is -0.359 e. The van der Waals surface area contributed by atoms with Crippen LogP contribution in [0.2, 0.25) is 0 Å². The molecule has 0 aromatic rings. The van der Waals surface area contributed by atoms with Crippen molar-refractivity contribution in [3.63, 3.8) is 0 Å². The quantitative estimate of drug-likeness (QED) is 0.146. The zero-order chi connectivity index (χ0) is 9.07. The van der Waals surface area contributed by atoms with E-state index in [0.29, 0.717) is 19.9 Å². The fourth-order valence-electron chi connectivity index (χ4n) is 0.562. The number of methoxy groups -OCH3 is 1. The molecule has 12 heavy (non-hydrogen) atoms. The van der Waals surface area contributed by atoms with Gasteiger partial charge in [0, 0.05) is 18.6 Å². The van der Waals surface area contributed by atoms with Crippen molar-refractivity contribution >= 4 is 0 Å². The molecule has 0 fully saturated rings. The van der Waals surface area contributed by atoms with Gasteiger partial charge in [-0.25, -0.2) is 0 Å². The molecule has 0 N–H and O–H groups in total. The normalized spacial score (nSPS) is 10.1. The molecule has 5 heteroatoms. The summed E-state index contributed by atoms with van der Waals surface area (Å²) >= 11 is 0. The highest BCUT2D eigenvalue weighted by molar-refractivity contribution is 4.81. The van der Waals surface area contributed by atoms with Gasteiger partial charge in [-0.2, -0.15) is 0 Å². The van der Waals surface area contributed by atoms with Crippen molar-refractivity contribution in [1.29, 1.82) is 0 Å². The molecular weight excluding hydrogens is 158 g/mol. The maximum Gasteiger partial charge on any atom is 0.146 e. The molecule has 5 nitrogen and oxygen atoms in total. The van der Waals surface area contributed by atoms with Gasteiger partial charge in [-0.15, -0.1) is 0 Å². The molecule has 0 radical (unpaired) electrons. The molecule has 0 aromatic carbocycles. The van der Waals surface area contributed by atoms with Crippen molar-refractivity contribution in [1.82, 2.24) is 0 Å². The Balaban J connectivity index is 3.08. The van der Waals surface area contributed by atoms with Crippen LogP contribution in [0.25, 0.3) is 10.4 Å². The van der Waals surface area contributed by atoms with Crippen LogP contribution >= 0.6 is 0 Å². The van der Waals surface area contributed by atoms with Crippen LogP contribution in [0.5, 0.6) is 0 Å². The minimum atomic E-state index is 0.306. The van der Waals surface area contributed by atoms with Gasteiger partial charge >= 0.3 is 0 Å². The highest BCUT2D eigenvalue weighted by Gasteiger charge is 1.79. The Kier molecular flexibility index (Phi) is 9.11. The SMILES string of the molecule is COCOC/C=C/CCN=[N+]=[N-]. The molecular formula is C7H13N3O2. The standard InChI is InChI=1S/C7H13N3O2/c1-11-7-12-6-4-2-3-5-9-10-8/h2,4H,3,5-7H2,1H3/b4-2+. The smallest absolute Gasteiger partial charge is 0.146 e. The largest absolute Gasteiger partial charge is 0.359 e. The summed E-state index contributed by atoms with van der Waals surface area (Å²) in [7, 11) is 1.57. The third-order valence-electron chi connectivity index (χ3n) is 1.04. The topological polar surface area (TPSA) is 67.2 Å². The lowest BCUT2D eigenvalue weighted by Gasteiger charge is -1.95. The van der Waals surface area contributed by atoms with E-state index in [2.05, 4.69) is 14.8 Å². The summed E-state index contributed by atoms with van der Waals surface area (Å²) < 4.78 is 9.64. The van der Waals surface area contributed by atoms with Gasteiger partial charge < -0.3 is 9.47 Å². The first-order chi connectivity index (χ1) is 5.91. The molecule has 0 spiro atoms. The van der Waals surface area contributed by atoms with Crippen LogP contribution in [0.3, 0.4) is 0 Å². The Morgan fingerprint density at radius 2 is 2.33 bits per heavy atom. The molecule has 0 atom stereocenters. The second-order valence-corrected chi connectivity index (χ2v) is 1.99. The van der Waals surface area contributed by atoms with Crippen LogP contribution in [0.15, 0.2) is 17.3 Å². The number of rotatable bonds is 7. The van der Waals surface area contributed by atoms with E-state index in [4.69, 9.17) is 10.3 Å². The van der Waals surface area contributed by atoms with Gasteiger partial charge in [0.15, 0.2) is 0 Å². The monoisotopic (exact) mass is 171 g/mol. The van der Waals surface area contributed by atoms with Crippen molar-refractivity contribution in [3.05, 3.63) is 22.6 Å². The summed E-state index contributed by atoms with van der Waals surface area (Å²) in [6, 6.07) is 0. The third-order valence-corrected chi connectivity index (χ3v) is 1.04. The first-order valence-electron chi connectivity index (χ1n) is 3.64. The highest BCUT2D eigenvalue weighted by Crippen LogP contribution is 1.85. The van der Waals surface area contributed by atoms with Crippen LogP contribution in [0.1, 0.15) is 6.42 Å². The predicted octanol–water partition coefficient (Wildman–Crippen LogP) is 1.86. The second-order valence-electron chi connectivity index (χ2n) is 1.99. The third kappa shape index (κ3) is 8.97. The van der Waals surface area contributed by atoms with E-state index in [1.807, 2.05) is 12.2 Å². The van der Waals surface area contributed by atoms with Crippen molar-refractivity contribution < 1.29 is 9.47 Å². The molecule has 0 rings (SSSR count). The van der Waals surface area contributed by atoms with Gasteiger partial charge in [-0.05, 0) is 12.0 Å². The van der Waals surface area contributed by atoms with Crippen molar-refractivity contribution in [3.8, 4) is 0 Å². The molecule has 68 valence electrons. The van der Waals surface area contributed by atoms with E-state index in [9.17, 15) is 0 Å². The number of azide groups is 1. The van der Waals surface area contributed by atoms with Gasteiger partial charge in [0.05, 0.1) is 6.61 Å². The van der Waals surface area contributed by atoms with Crippen LogP contribution in [0.4, 0.5) is 0 Å². The number of ether oxygens (including phenoxy) is 2. The van der Waals surface area contributed by atoms with E-state index < -0.39 is 0 Å². The average Bonchev–Trinajstić information content (AvgIpc) is 2.10. The lowest BCUT2D eigenvalue weighted by Crippen LogP contribution is -1.95. The fraction of sp³-hybridized carbons (Fsp3) is 0.714. The van der Waals surface area contributed by atoms with Crippen molar-refractivity contribution in [2.45, 2.75) is 6.42 Å². The minimum absolute atomic E-state index is 0.306.